The molecule has 13 nitrogen and oxygen atoms in total. The van der Waals surface area contributed by atoms with E-state index in [1.807, 2.05) is 0 Å². The van der Waals surface area contributed by atoms with Crippen LogP contribution in [0.5, 0.6) is 0 Å². The first kappa shape index (κ1) is 41.1. The Morgan fingerprint density at radius 2 is 1.56 bits per heavy atom. The number of halogens is 5. The maximum Gasteiger partial charge on any atom is 0.412 e. The van der Waals surface area contributed by atoms with Crippen molar-refractivity contribution in [3.8, 4) is 10.6 Å². The summed E-state index contributed by atoms with van der Waals surface area (Å²) in [6.07, 6.45) is -6.27. The normalized spacial score (nSPS) is 18.6. The number of alkyl halides is 3. The number of amides is 3. The molecule has 3 aromatic rings. The van der Waals surface area contributed by atoms with Gasteiger partial charge in [-0.25, -0.2) is 23.4 Å². The number of thiazole rings is 1. The zero-order chi connectivity index (χ0) is 40.6. The molecular formula is C36H41F5N6O7S. The molecule has 0 bridgehead atoms. The number of nitrogens with zero attached hydrogens (tertiary/aromatic N) is 3. The van der Waals surface area contributed by atoms with Crippen LogP contribution in [-0.2, 0) is 25.4 Å². The van der Waals surface area contributed by atoms with Crippen molar-refractivity contribution in [2.45, 2.75) is 97.3 Å². The first-order valence-corrected chi connectivity index (χ1v) is 18.1. The van der Waals surface area contributed by atoms with Crippen molar-refractivity contribution in [2.75, 3.05) is 28.6 Å². The second-order valence-corrected chi connectivity index (χ2v) is 16.1. The molecule has 1 fully saturated rings. The van der Waals surface area contributed by atoms with Crippen LogP contribution in [0.4, 0.5) is 47.9 Å². The van der Waals surface area contributed by atoms with Crippen molar-refractivity contribution >= 4 is 51.8 Å². The van der Waals surface area contributed by atoms with E-state index in [9.17, 15) is 41.1 Å². The van der Waals surface area contributed by atoms with Crippen LogP contribution in [0, 0.1) is 17.6 Å². The molecule has 0 spiro atoms. The lowest BCUT2D eigenvalue weighted by molar-refractivity contribution is -0.177. The van der Waals surface area contributed by atoms with Crippen molar-refractivity contribution < 1.29 is 55.3 Å². The highest BCUT2D eigenvalue weighted by Crippen LogP contribution is 2.45. The summed E-state index contributed by atoms with van der Waals surface area (Å²) in [4.78, 5) is 61.5. The minimum atomic E-state index is -4.69. The van der Waals surface area contributed by atoms with E-state index in [4.69, 9.17) is 14.2 Å². The lowest BCUT2D eigenvalue weighted by Gasteiger charge is -2.41. The minimum Gasteiger partial charge on any atom is -0.456 e. The molecule has 3 amide bonds. The summed E-state index contributed by atoms with van der Waals surface area (Å²) in [5.74, 6) is -5.53. The lowest BCUT2D eigenvalue weighted by atomic mass is 9.92. The van der Waals surface area contributed by atoms with E-state index in [0.29, 0.717) is 16.9 Å². The number of esters is 1. The van der Waals surface area contributed by atoms with Crippen LogP contribution in [0.3, 0.4) is 0 Å². The minimum absolute atomic E-state index is 0.0825. The van der Waals surface area contributed by atoms with Gasteiger partial charge in [-0.05, 0) is 72.9 Å². The number of fused-ring (bicyclic) bond motifs is 1. The van der Waals surface area contributed by atoms with Gasteiger partial charge in [0.15, 0.2) is 5.69 Å². The quantitative estimate of drug-likeness (QED) is 0.122. The average Bonchev–Trinajstić information content (AvgIpc) is 3.62. The number of hydrogen-bond acceptors (Lipinski definition) is 11. The summed E-state index contributed by atoms with van der Waals surface area (Å²) >= 11 is 0.590. The fraction of sp³-hybridized carbons (Fsp3) is 0.500. The van der Waals surface area contributed by atoms with Crippen LogP contribution in [0.15, 0.2) is 24.4 Å². The Hall–Kier alpha value is -5.07. The first-order chi connectivity index (χ1) is 25.5. The topological polar surface area (TPSA) is 161 Å². The van der Waals surface area contributed by atoms with Crippen molar-refractivity contribution in [2.24, 2.45) is 5.92 Å². The number of rotatable bonds is 7. The fourth-order valence-electron chi connectivity index (χ4n) is 6.30. The Kier molecular flexibility index (Phi) is 11.6. The average molecular weight is 797 g/mol. The predicted octanol–water partition coefficient (Wildman–Crippen LogP) is 7.91. The number of carbonyl (C=O) groups excluding carboxylic acids is 4. The molecule has 0 saturated carbocycles. The van der Waals surface area contributed by atoms with E-state index in [2.05, 4.69) is 25.9 Å². The first-order valence-electron chi connectivity index (χ1n) is 17.3. The van der Waals surface area contributed by atoms with Gasteiger partial charge >= 0.3 is 24.3 Å². The van der Waals surface area contributed by atoms with Gasteiger partial charge in [0, 0.05) is 25.6 Å². The third-order valence-electron chi connectivity index (χ3n) is 8.28. The molecule has 1 aliphatic heterocycles. The van der Waals surface area contributed by atoms with Gasteiger partial charge in [0.2, 0.25) is 0 Å². The van der Waals surface area contributed by atoms with Crippen LogP contribution < -0.4 is 20.9 Å². The zero-order valence-corrected chi connectivity index (χ0v) is 31.9. The van der Waals surface area contributed by atoms with Crippen LogP contribution in [0.1, 0.15) is 89.2 Å². The van der Waals surface area contributed by atoms with Crippen molar-refractivity contribution in [3.63, 3.8) is 0 Å². The molecule has 2 aliphatic rings. The summed E-state index contributed by atoms with van der Waals surface area (Å²) in [5.41, 5.74) is -2.25. The summed E-state index contributed by atoms with van der Waals surface area (Å²) in [6, 6.07) is 2.06. The number of piperidine rings is 1. The molecule has 3 atom stereocenters. The van der Waals surface area contributed by atoms with Crippen molar-refractivity contribution in [1.29, 1.82) is 0 Å². The summed E-state index contributed by atoms with van der Waals surface area (Å²) in [5, 5.41) is 7.02. The Morgan fingerprint density at radius 3 is 2.16 bits per heavy atom. The van der Waals surface area contributed by atoms with Gasteiger partial charge < -0.3 is 29.7 Å². The number of ether oxygens (including phenoxy) is 3. The van der Waals surface area contributed by atoms with E-state index < -0.39 is 95.4 Å². The molecule has 55 heavy (non-hydrogen) atoms. The number of nitrogens with one attached hydrogen (secondary N) is 3. The number of anilines is 3. The van der Waals surface area contributed by atoms with Crippen LogP contribution >= 0.6 is 11.3 Å². The summed E-state index contributed by atoms with van der Waals surface area (Å²) < 4.78 is 89.2. The van der Waals surface area contributed by atoms with Gasteiger partial charge in [-0.3, -0.25) is 19.9 Å². The smallest absolute Gasteiger partial charge is 0.412 e. The summed E-state index contributed by atoms with van der Waals surface area (Å²) in [7, 11) is 0. The molecular weight excluding hydrogens is 755 g/mol. The maximum atomic E-state index is 14.9. The van der Waals surface area contributed by atoms with Crippen LogP contribution in [0.25, 0.3) is 10.6 Å². The van der Waals surface area contributed by atoms with Crippen molar-refractivity contribution in [1.82, 2.24) is 15.3 Å². The second-order valence-electron chi connectivity index (χ2n) is 15.1. The van der Waals surface area contributed by atoms with Gasteiger partial charge in [-0.1, -0.05) is 17.4 Å². The lowest BCUT2D eigenvalue weighted by Crippen LogP contribution is -2.54. The molecule has 5 rings (SSSR count). The molecule has 1 aromatic carbocycles. The van der Waals surface area contributed by atoms with Crippen LogP contribution in [-0.4, -0.2) is 70.5 Å². The van der Waals surface area contributed by atoms with E-state index >= 15 is 0 Å². The number of benzene rings is 1. The molecule has 3 heterocycles. The van der Waals surface area contributed by atoms with Crippen LogP contribution in [0.2, 0.25) is 0 Å². The Morgan fingerprint density at radius 1 is 0.927 bits per heavy atom. The largest absolute Gasteiger partial charge is 0.456 e. The van der Waals surface area contributed by atoms with E-state index in [1.165, 1.54) is 18.0 Å². The summed E-state index contributed by atoms with van der Waals surface area (Å²) in [6.45, 7) is 10.1. The number of pyridine rings is 1. The van der Waals surface area contributed by atoms with Gasteiger partial charge in [0.25, 0.3) is 5.91 Å². The maximum absolute atomic E-state index is 14.9. The van der Waals surface area contributed by atoms with E-state index in [0.717, 1.165) is 18.2 Å². The number of carbonyl (C=O) groups is 4. The predicted molar refractivity (Wildman–Crippen MR) is 192 cm³/mol. The molecule has 1 unspecified atom stereocenters. The van der Waals surface area contributed by atoms with E-state index in [1.54, 1.807) is 41.5 Å². The van der Waals surface area contributed by atoms with Crippen molar-refractivity contribution in [3.05, 3.63) is 53.0 Å². The zero-order valence-electron chi connectivity index (χ0n) is 31.1. The molecule has 298 valence electrons. The second kappa shape index (κ2) is 15.6. The fourth-order valence-corrected chi connectivity index (χ4v) is 7.30. The van der Waals surface area contributed by atoms with Gasteiger partial charge in [-0.15, -0.1) is 0 Å². The highest BCUT2D eigenvalue weighted by atomic mass is 32.1. The van der Waals surface area contributed by atoms with Gasteiger partial charge in [-0.2, -0.15) is 13.2 Å². The number of hydrogen-bond donors (Lipinski definition) is 3. The molecule has 19 heteroatoms. The highest BCUT2D eigenvalue weighted by Gasteiger charge is 2.46. The molecule has 0 radical (unpaired) electrons. The third-order valence-corrected chi connectivity index (χ3v) is 9.27. The Labute approximate surface area is 317 Å². The van der Waals surface area contributed by atoms with Gasteiger partial charge in [0.1, 0.15) is 38.9 Å². The number of aromatic nitrogens is 2. The molecule has 2 aromatic heterocycles. The standard InChI is InChI=1S/C36H41F5N6O7S/c1-17(48)52-24-12-11-20-26(24)42-14-23(28(20)47-15-18(36(39,40)41)13-19(16-47)43-32(50)53-34(2,3)4)44-29(49)27-31(46-33(51)54-35(5,6)7)55-30(45-27)25-21(37)9-8-10-22(25)38/h8-10,14,18-19,24H,11-13,15-16H2,1-7H3,(H,43,50)(H,44,49)(H,46,51)/t18-,19+,24?/m1/s1. The van der Waals surface area contributed by atoms with E-state index in [-0.39, 0.29) is 46.5 Å². The highest BCUT2D eigenvalue weighted by molar-refractivity contribution is 7.19. The van der Waals surface area contributed by atoms with Gasteiger partial charge in [0.05, 0.1) is 40.8 Å². The third kappa shape index (κ3) is 10.2. The number of alkyl carbamates (subject to hydrolysis) is 1. The Bertz CT molecular complexity index is 1960. The SMILES string of the molecule is CC(=O)OC1CCc2c1ncc(NC(=O)c1nc(-c3c(F)cccc3F)sc1NC(=O)OC(C)(C)C)c2N1C[C@@H](NC(=O)OC(C)(C)C)C[C@@H](C(F)(F)F)C1. The molecule has 1 saturated heterocycles. The molecule has 1 aliphatic carbocycles. The Balaban J connectivity index is 1.58. The molecule has 3 N–H and O–H groups in total. The monoisotopic (exact) mass is 796 g/mol.